The van der Waals surface area contributed by atoms with Crippen LogP contribution < -0.4 is 5.32 Å². The number of carboxylic acid groups (broad SMARTS) is 1. The number of carboxylic acids is 1. The number of aliphatic carboxylic acids is 1. The summed E-state index contributed by atoms with van der Waals surface area (Å²) in [7, 11) is 0. The highest BCUT2D eigenvalue weighted by Crippen LogP contribution is 2.05. The smallest absolute Gasteiger partial charge is 0.320 e. The molecule has 0 spiro atoms. The first-order chi connectivity index (χ1) is 7.58. The molecule has 5 heteroatoms. The van der Waals surface area contributed by atoms with Crippen molar-refractivity contribution in [1.29, 1.82) is 0 Å². The van der Waals surface area contributed by atoms with Gasteiger partial charge in [0.1, 0.15) is 6.04 Å². The van der Waals surface area contributed by atoms with Gasteiger partial charge in [0.25, 0.3) is 0 Å². The molecule has 0 aliphatic carbocycles. The van der Waals surface area contributed by atoms with Crippen molar-refractivity contribution in [2.24, 2.45) is 0 Å². The maximum atomic E-state index is 10.7. The first-order valence-corrected chi connectivity index (χ1v) is 5.60. The summed E-state index contributed by atoms with van der Waals surface area (Å²) < 4.78 is 1.90. The molecule has 1 rings (SSSR count). The van der Waals surface area contributed by atoms with Crippen molar-refractivity contribution in [2.75, 3.05) is 0 Å². The number of carbonyl (C=O) groups is 1. The summed E-state index contributed by atoms with van der Waals surface area (Å²) in [5, 5.41) is 16.1. The van der Waals surface area contributed by atoms with Gasteiger partial charge in [0.15, 0.2) is 0 Å². The molecule has 0 amide bonds. The third kappa shape index (κ3) is 3.06. The minimum atomic E-state index is -0.835. The Kier molecular flexibility index (Phi) is 4.49. The number of aromatic nitrogens is 2. The third-order valence-electron chi connectivity index (χ3n) is 2.54. The van der Waals surface area contributed by atoms with Gasteiger partial charge in [-0.15, -0.1) is 0 Å². The molecule has 16 heavy (non-hydrogen) atoms. The first kappa shape index (κ1) is 12.7. The van der Waals surface area contributed by atoms with Crippen LogP contribution in [0.5, 0.6) is 0 Å². The Bertz CT molecular complexity index is 360. The Morgan fingerprint density at radius 2 is 2.31 bits per heavy atom. The van der Waals surface area contributed by atoms with E-state index in [4.69, 9.17) is 5.11 Å². The third-order valence-corrected chi connectivity index (χ3v) is 2.54. The second-order valence-corrected chi connectivity index (χ2v) is 3.74. The fraction of sp³-hybridized carbons (Fsp3) is 0.636. The van der Waals surface area contributed by atoms with Gasteiger partial charge in [-0.05, 0) is 26.3 Å². The van der Waals surface area contributed by atoms with E-state index in [2.05, 4.69) is 17.3 Å². The zero-order valence-electron chi connectivity index (χ0n) is 10.0. The first-order valence-electron chi connectivity index (χ1n) is 5.60. The van der Waals surface area contributed by atoms with Crippen LogP contribution >= 0.6 is 0 Å². The van der Waals surface area contributed by atoms with Crippen molar-refractivity contribution >= 4 is 5.97 Å². The van der Waals surface area contributed by atoms with Crippen LogP contribution in [0.2, 0.25) is 0 Å². The minimum absolute atomic E-state index is 0.536. The molecular formula is C11H19N3O2. The molecule has 0 saturated heterocycles. The molecule has 2 N–H and O–H groups in total. The molecule has 90 valence electrons. The summed E-state index contributed by atoms with van der Waals surface area (Å²) in [6, 6.07) is 1.48. The Hall–Kier alpha value is -1.36. The molecule has 1 unspecified atom stereocenters. The van der Waals surface area contributed by atoms with E-state index >= 15 is 0 Å². The lowest BCUT2D eigenvalue weighted by Crippen LogP contribution is -2.33. The molecule has 5 nitrogen and oxygen atoms in total. The SMILES string of the molecule is CCc1cc(CNC(C)C(=O)O)n(CC)n1. The standard InChI is InChI=1S/C11H19N3O2/c1-4-9-6-10(14(5-2)13-9)7-12-8(3)11(15)16/h6,8,12H,4-5,7H2,1-3H3,(H,15,16). The van der Waals surface area contributed by atoms with Crippen LogP contribution in [0, 0.1) is 0 Å². The quantitative estimate of drug-likeness (QED) is 0.758. The largest absolute Gasteiger partial charge is 0.480 e. The van der Waals surface area contributed by atoms with E-state index in [-0.39, 0.29) is 0 Å². The number of rotatable bonds is 6. The minimum Gasteiger partial charge on any atom is -0.480 e. The van der Waals surface area contributed by atoms with E-state index in [1.54, 1.807) is 6.92 Å². The number of nitrogens with zero attached hydrogens (tertiary/aromatic N) is 2. The van der Waals surface area contributed by atoms with Gasteiger partial charge in [0, 0.05) is 13.1 Å². The molecule has 0 aliphatic rings. The number of hydrogen-bond acceptors (Lipinski definition) is 3. The second-order valence-electron chi connectivity index (χ2n) is 3.74. The molecule has 0 saturated carbocycles. The molecule has 1 atom stereocenters. The predicted molar refractivity (Wildman–Crippen MR) is 61.2 cm³/mol. The average molecular weight is 225 g/mol. The Labute approximate surface area is 95.5 Å². The topological polar surface area (TPSA) is 67.2 Å². The molecule has 0 aliphatic heterocycles. The van der Waals surface area contributed by atoms with E-state index in [1.807, 2.05) is 17.7 Å². The lowest BCUT2D eigenvalue weighted by Gasteiger charge is -2.09. The van der Waals surface area contributed by atoms with E-state index in [1.165, 1.54) is 0 Å². The number of aryl methyl sites for hydroxylation is 2. The van der Waals surface area contributed by atoms with Crippen molar-refractivity contribution in [3.63, 3.8) is 0 Å². The van der Waals surface area contributed by atoms with E-state index < -0.39 is 12.0 Å². The van der Waals surface area contributed by atoms with Gasteiger partial charge in [0.2, 0.25) is 0 Å². The summed E-state index contributed by atoms with van der Waals surface area (Å²) in [5.41, 5.74) is 2.08. The normalized spacial score (nSPS) is 12.7. The predicted octanol–water partition coefficient (Wildman–Crippen LogP) is 1.03. The van der Waals surface area contributed by atoms with Gasteiger partial charge in [-0.1, -0.05) is 6.92 Å². The maximum absolute atomic E-state index is 10.7. The fourth-order valence-electron chi connectivity index (χ4n) is 1.45. The van der Waals surface area contributed by atoms with Crippen molar-refractivity contribution in [3.8, 4) is 0 Å². The zero-order chi connectivity index (χ0) is 12.1. The Balaban J connectivity index is 2.65. The summed E-state index contributed by atoms with van der Waals surface area (Å²) >= 11 is 0. The Morgan fingerprint density at radius 1 is 1.62 bits per heavy atom. The monoisotopic (exact) mass is 225 g/mol. The molecule has 0 radical (unpaired) electrons. The highest BCUT2D eigenvalue weighted by atomic mass is 16.4. The zero-order valence-corrected chi connectivity index (χ0v) is 10.0. The molecular weight excluding hydrogens is 206 g/mol. The fourth-order valence-corrected chi connectivity index (χ4v) is 1.45. The van der Waals surface area contributed by atoms with Gasteiger partial charge < -0.3 is 5.11 Å². The van der Waals surface area contributed by atoms with E-state index in [0.29, 0.717) is 6.54 Å². The highest BCUT2D eigenvalue weighted by Gasteiger charge is 2.11. The summed E-state index contributed by atoms with van der Waals surface area (Å²) in [4.78, 5) is 10.7. The van der Waals surface area contributed by atoms with Crippen LogP contribution in [-0.4, -0.2) is 26.9 Å². The average Bonchev–Trinajstić information content (AvgIpc) is 2.68. The van der Waals surface area contributed by atoms with Gasteiger partial charge >= 0.3 is 5.97 Å². The second kappa shape index (κ2) is 5.65. The Morgan fingerprint density at radius 3 is 2.81 bits per heavy atom. The lowest BCUT2D eigenvalue weighted by molar-refractivity contribution is -0.139. The van der Waals surface area contributed by atoms with Crippen molar-refractivity contribution in [1.82, 2.24) is 15.1 Å². The van der Waals surface area contributed by atoms with Crippen LogP contribution in [0.4, 0.5) is 0 Å². The van der Waals surface area contributed by atoms with Gasteiger partial charge in [-0.25, -0.2) is 0 Å². The lowest BCUT2D eigenvalue weighted by atomic mass is 10.3. The van der Waals surface area contributed by atoms with Crippen LogP contribution in [-0.2, 0) is 24.3 Å². The molecule has 1 aromatic rings. The van der Waals surface area contributed by atoms with Gasteiger partial charge in [-0.2, -0.15) is 5.10 Å². The van der Waals surface area contributed by atoms with Gasteiger partial charge in [0.05, 0.1) is 11.4 Å². The summed E-state index contributed by atoms with van der Waals surface area (Å²) in [6.07, 6.45) is 0.897. The highest BCUT2D eigenvalue weighted by molar-refractivity contribution is 5.72. The van der Waals surface area contributed by atoms with E-state index in [0.717, 1.165) is 24.4 Å². The van der Waals surface area contributed by atoms with Crippen LogP contribution in [0.25, 0.3) is 0 Å². The molecule has 0 aromatic carbocycles. The number of nitrogens with one attached hydrogen (secondary N) is 1. The maximum Gasteiger partial charge on any atom is 0.320 e. The summed E-state index contributed by atoms with van der Waals surface area (Å²) in [5.74, 6) is -0.835. The molecule has 0 fully saturated rings. The van der Waals surface area contributed by atoms with Crippen molar-refractivity contribution < 1.29 is 9.90 Å². The molecule has 1 aromatic heterocycles. The summed E-state index contributed by atoms with van der Waals surface area (Å²) in [6.45, 7) is 7.05. The van der Waals surface area contributed by atoms with Crippen LogP contribution in [0.1, 0.15) is 32.2 Å². The number of hydrogen-bond donors (Lipinski definition) is 2. The van der Waals surface area contributed by atoms with Crippen molar-refractivity contribution in [2.45, 2.75) is 46.3 Å². The molecule has 1 heterocycles. The van der Waals surface area contributed by atoms with Crippen LogP contribution in [0.3, 0.4) is 0 Å². The van der Waals surface area contributed by atoms with Crippen LogP contribution in [0.15, 0.2) is 6.07 Å². The van der Waals surface area contributed by atoms with E-state index in [9.17, 15) is 4.79 Å². The van der Waals surface area contributed by atoms with Gasteiger partial charge in [-0.3, -0.25) is 14.8 Å². The molecule has 0 bridgehead atoms. The van der Waals surface area contributed by atoms with Crippen molar-refractivity contribution in [3.05, 3.63) is 17.5 Å².